The van der Waals surface area contributed by atoms with Crippen LogP contribution >= 0.6 is 0 Å². The van der Waals surface area contributed by atoms with Gasteiger partial charge < -0.3 is 39.3 Å². The summed E-state index contributed by atoms with van der Waals surface area (Å²) in [6.07, 6.45) is 6.37. The molecule has 1 aliphatic carbocycles. The van der Waals surface area contributed by atoms with E-state index in [9.17, 15) is 19.2 Å². The molecule has 1 saturated carbocycles. The Kier molecular flexibility index (Phi) is 12.0. The number of methoxy groups -OCH3 is 1. The van der Waals surface area contributed by atoms with Gasteiger partial charge in [0, 0.05) is 93.5 Å². The van der Waals surface area contributed by atoms with E-state index in [1.54, 1.807) is 38.0 Å². The van der Waals surface area contributed by atoms with Crippen molar-refractivity contribution in [2.75, 3.05) is 63.3 Å². The lowest BCUT2D eigenvalue weighted by atomic mass is 9.87. The lowest BCUT2D eigenvalue weighted by molar-refractivity contribution is -0.120. The van der Waals surface area contributed by atoms with Crippen LogP contribution in [0.2, 0.25) is 0 Å². The third-order valence-corrected chi connectivity index (χ3v) is 12.3. The Labute approximate surface area is 375 Å². The van der Waals surface area contributed by atoms with Crippen LogP contribution < -0.4 is 31.1 Å². The molecule has 2 aliphatic heterocycles. The van der Waals surface area contributed by atoms with Gasteiger partial charge >= 0.3 is 12.1 Å². The molecule has 6 aromatic rings. The molecule has 0 radical (unpaired) electrons. The monoisotopic (exact) mass is 877 g/mol. The number of anilines is 2. The maximum Gasteiger partial charge on any atom is 0.409 e. The highest BCUT2D eigenvalue weighted by atomic mass is 16.6. The van der Waals surface area contributed by atoms with Crippen LogP contribution in [0.4, 0.5) is 21.2 Å². The topological polar surface area (TPSA) is 190 Å². The zero-order valence-electron chi connectivity index (χ0n) is 36.6. The Morgan fingerprint density at radius 1 is 0.969 bits per heavy atom. The van der Waals surface area contributed by atoms with Gasteiger partial charge in [-0.2, -0.15) is 0 Å². The number of aryl methyl sites for hydroxylation is 1. The van der Waals surface area contributed by atoms with Crippen molar-refractivity contribution in [2.45, 2.75) is 43.8 Å². The summed E-state index contributed by atoms with van der Waals surface area (Å²) >= 11 is 0. The second kappa shape index (κ2) is 18.1. The Balaban J connectivity index is 1.09. The summed E-state index contributed by atoms with van der Waals surface area (Å²) in [5, 5.41) is 3.88. The largest absolute Gasteiger partial charge is 0.495 e. The van der Waals surface area contributed by atoms with Crippen molar-refractivity contribution in [3.8, 4) is 28.7 Å². The first kappa shape index (κ1) is 43.1. The second-order valence-corrected chi connectivity index (χ2v) is 16.8. The van der Waals surface area contributed by atoms with Crippen LogP contribution in [-0.2, 0) is 26.9 Å². The van der Waals surface area contributed by atoms with Crippen LogP contribution in [-0.4, -0.2) is 102 Å². The molecule has 1 unspecified atom stereocenters. The molecule has 4 amide bonds. The van der Waals surface area contributed by atoms with Crippen LogP contribution in [0.1, 0.15) is 48.9 Å². The van der Waals surface area contributed by atoms with E-state index in [4.69, 9.17) is 29.9 Å². The summed E-state index contributed by atoms with van der Waals surface area (Å²) in [5.74, 6) is 7.59. The zero-order valence-corrected chi connectivity index (χ0v) is 36.6. The number of carbonyl (C=O) groups excluding carboxylic acids is 3. The molecule has 0 spiro atoms. The van der Waals surface area contributed by atoms with Crippen molar-refractivity contribution >= 4 is 51.5 Å². The number of nitrogens with two attached hydrogens (primary N) is 1. The molecule has 9 rings (SSSR count). The number of hydrogen-bond acceptors (Lipinski definition) is 11. The number of likely N-dealkylation sites (N-methyl/N-ethyl adjacent to an activating group) is 1. The Morgan fingerprint density at radius 3 is 2.51 bits per heavy atom. The number of hydrogen-bond donors (Lipinski definition) is 3. The van der Waals surface area contributed by atoms with E-state index in [-0.39, 0.29) is 49.6 Å². The molecule has 4 N–H and O–H groups in total. The van der Waals surface area contributed by atoms with Gasteiger partial charge in [-0.05, 0) is 73.2 Å². The number of ether oxygens (including phenoxy) is 3. The second-order valence-electron chi connectivity index (χ2n) is 16.8. The minimum absolute atomic E-state index is 0.0776. The minimum Gasteiger partial charge on any atom is -0.495 e. The number of nitrogens with one attached hydrogen (secondary N) is 2. The molecule has 16 heteroatoms. The van der Waals surface area contributed by atoms with Crippen LogP contribution in [0, 0.1) is 17.8 Å². The van der Waals surface area contributed by atoms with E-state index in [1.165, 1.54) is 9.80 Å². The molecule has 3 aromatic carbocycles. The normalized spacial score (nSPS) is 16.5. The third kappa shape index (κ3) is 8.72. The van der Waals surface area contributed by atoms with Crippen LogP contribution in [0.25, 0.3) is 32.9 Å². The van der Waals surface area contributed by atoms with Crippen LogP contribution in [0.3, 0.4) is 0 Å². The van der Waals surface area contributed by atoms with E-state index in [1.807, 2.05) is 72.9 Å². The number of imide groups is 1. The number of nitrogens with zero attached hydrogens (tertiary/aromatic N) is 6. The SMILES string of the molecule is COc1ccc(C#CC2CCN(c3nc(C(COC(=O)N(C)CCN)(OC4CC4)c4ccccc4)c4cc(-c5cn(C)c(=O)c6[nH]ccc56)ccc4n3)CC2)cc1N1CCC(=O)NC1=O. The van der Waals surface area contributed by atoms with Gasteiger partial charge in [0.1, 0.15) is 17.9 Å². The highest BCUT2D eigenvalue weighted by Gasteiger charge is 2.46. The Bertz CT molecular complexity index is 2910. The molecule has 334 valence electrons. The van der Waals surface area contributed by atoms with Crippen molar-refractivity contribution in [1.29, 1.82) is 0 Å². The number of urea groups is 1. The lowest BCUT2D eigenvalue weighted by Crippen LogP contribution is -2.49. The number of carbonyl (C=O) groups is 3. The summed E-state index contributed by atoms with van der Waals surface area (Å²) in [6, 6.07) is 22.7. The van der Waals surface area contributed by atoms with Gasteiger partial charge in [-0.15, -0.1) is 0 Å². The summed E-state index contributed by atoms with van der Waals surface area (Å²) in [6.45, 7) is 1.94. The van der Waals surface area contributed by atoms with E-state index >= 15 is 0 Å². The molecule has 5 heterocycles. The fourth-order valence-corrected chi connectivity index (χ4v) is 8.60. The molecule has 2 saturated heterocycles. The first-order chi connectivity index (χ1) is 31.5. The first-order valence-electron chi connectivity index (χ1n) is 21.9. The Hall–Kier alpha value is -7.22. The quantitative estimate of drug-likeness (QED) is 0.129. The molecular weight excluding hydrogens is 827 g/mol. The number of H-pyrrole nitrogens is 1. The van der Waals surface area contributed by atoms with Gasteiger partial charge in [0.05, 0.1) is 30.1 Å². The van der Waals surface area contributed by atoms with Gasteiger partial charge in [0.25, 0.3) is 5.56 Å². The summed E-state index contributed by atoms with van der Waals surface area (Å²) in [4.78, 5) is 69.9. The number of rotatable bonds is 12. The highest BCUT2D eigenvalue weighted by Crippen LogP contribution is 2.44. The van der Waals surface area contributed by atoms with E-state index in [0.29, 0.717) is 59.1 Å². The lowest BCUT2D eigenvalue weighted by Gasteiger charge is -2.36. The molecule has 1 atom stereocenters. The van der Waals surface area contributed by atoms with Gasteiger partial charge in [-0.25, -0.2) is 19.6 Å². The van der Waals surface area contributed by atoms with Gasteiger partial charge in [0.15, 0.2) is 5.60 Å². The van der Waals surface area contributed by atoms with E-state index in [2.05, 4.69) is 27.0 Å². The van der Waals surface area contributed by atoms with Gasteiger partial charge in [-0.1, -0.05) is 48.2 Å². The van der Waals surface area contributed by atoms with Crippen molar-refractivity contribution in [3.05, 3.63) is 112 Å². The van der Waals surface area contributed by atoms with Crippen molar-refractivity contribution in [1.82, 2.24) is 29.7 Å². The van der Waals surface area contributed by atoms with Crippen LogP contribution in [0.15, 0.2) is 90.0 Å². The molecule has 65 heavy (non-hydrogen) atoms. The summed E-state index contributed by atoms with van der Waals surface area (Å²) < 4.78 is 20.4. The fraction of sp³-hybridized carbons (Fsp3) is 0.347. The average Bonchev–Trinajstić information content (AvgIpc) is 4.01. The smallest absolute Gasteiger partial charge is 0.409 e. The van der Waals surface area contributed by atoms with Crippen molar-refractivity contribution < 1.29 is 28.6 Å². The first-order valence-corrected chi connectivity index (χ1v) is 21.9. The number of aromatic nitrogens is 4. The number of amides is 4. The number of fused-ring (bicyclic) bond motifs is 2. The predicted octanol–water partition coefficient (Wildman–Crippen LogP) is 5.65. The van der Waals surface area contributed by atoms with Crippen molar-refractivity contribution in [3.63, 3.8) is 0 Å². The molecule has 0 bridgehead atoms. The van der Waals surface area contributed by atoms with E-state index in [0.717, 1.165) is 53.3 Å². The number of aromatic amines is 1. The maximum atomic E-state index is 13.5. The summed E-state index contributed by atoms with van der Waals surface area (Å²) in [7, 11) is 4.93. The third-order valence-electron chi connectivity index (χ3n) is 12.3. The van der Waals surface area contributed by atoms with Crippen LogP contribution in [0.5, 0.6) is 5.75 Å². The Morgan fingerprint density at radius 2 is 1.77 bits per heavy atom. The van der Waals surface area contributed by atoms with E-state index < -0.39 is 17.7 Å². The maximum absolute atomic E-state index is 13.5. The standard InChI is InChI=1S/C49H51N9O7/c1-55(26-21-50)48(62)64-30-49(65-35-13-14-35,34-7-5-4-6-8-34)44-37-28-33(38-29-56(2)45(60)43-36(38)17-22-51-43)12-15-39(37)52-46(54-44)57-23-18-31(19-24-57)9-10-32-11-16-41(63-3)40(27-32)58-25-20-42(59)53-47(58)61/h4-8,11-12,15-17,22,27-29,31,35,51H,13-14,18-21,23-26,30,50H2,1-3H3,(H,53,59,61). The predicted molar refractivity (Wildman–Crippen MR) is 247 cm³/mol. The highest BCUT2D eigenvalue weighted by molar-refractivity contribution is 6.06. The molecule has 3 aromatic heterocycles. The molecule has 3 fully saturated rings. The number of pyridine rings is 1. The molecule has 16 nitrogen and oxygen atoms in total. The average molecular weight is 878 g/mol. The number of benzene rings is 3. The number of piperidine rings is 1. The minimum atomic E-state index is -1.34. The van der Waals surface area contributed by atoms with Crippen molar-refractivity contribution in [2.24, 2.45) is 18.7 Å². The zero-order chi connectivity index (χ0) is 45.2. The van der Waals surface area contributed by atoms with Gasteiger partial charge in [0.2, 0.25) is 11.9 Å². The molecular formula is C49H51N9O7. The van der Waals surface area contributed by atoms with Gasteiger partial charge in [-0.3, -0.25) is 19.8 Å². The molecule has 3 aliphatic rings. The fourth-order valence-electron chi connectivity index (χ4n) is 8.60. The summed E-state index contributed by atoms with van der Waals surface area (Å²) in [5.41, 5.74) is 9.85.